The van der Waals surface area contributed by atoms with Crippen LogP contribution in [0.1, 0.15) is 11.3 Å². The molecule has 5 aromatic rings. The summed E-state index contributed by atoms with van der Waals surface area (Å²) >= 11 is 11.5. The van der Waals surface area contributed by atoms with Crippen molar-refractivity contribution in [3.8, 4) is 17.0 Å². The van der Waals surface area contributed by atoms with Crippen molar-refractivity contribution in [1.29, 1.82) is 0 Å². The van der Waals surface area contributed by atoms with Crippen LogP contribution in [0.25, 0.3) is 34.1 Å². The number of rotatable bonds is 5. The quantitative estimate of drug-likeness (QED) is 0.216. The molecule has 0 unspecified atom stereocenters. The maximum absolute atomic E-state index is 12.3. The second kappa shape index (κ2) is 10.2. The fourth-order valence-electron chi connectivity index (χ4n) is 3.49. The Hall–Kier alpha value is -4.27. The fraction of sp³-hybridized carbons (Fsp3) is 0.0370. The first-order valence-electron chi connectivity index (χ1n) is 11.0. The summed E-state index contributed by atoms with van der Waals surface area (Å²) in [4.78, 5) is 13.8. The van der Waals surface area contributed by atoms with Gasteiger partial charge in [-0.3, -0.25) is 10.1 Å². The van der Waals surface area contributed by atoms with Gasteiger partial charge >= 0.3 is 0 Å². The van der Waals surface area contributed by atoms with E-state index in [0.717, 1.165) is 22.6 Å². The van der Waals surface area contributed by atoms with E-state index in [2.05, 4.69) is 20.8 Å². The number of amides is 1. The molecule has 7 nitrogen and oxygen atoms in total. The first-order valence-corrected chi connectivity index (χ1v) is 11.8. The highest BCUT2D eigenvalue weighted by Gasteiger charge is 2.09. The first kappa shape index (κ1) is 23.5. The van der Waals surface area contributed by atoms with Gasteiger partial charge in [-0.1, -0.05) is 48.0 Å². The summed E-state index contributed by atoms with van der Waals surface area (Å²) in [5, 5.41) is 15.4. The second-order valence-corrected chi connectivity index (χ2v) is 8.79. The number of hydrogen-bond acceptors (Lipinski definition) is 5. The van der Waals surface area contributed by atoms with Gasteiger partial charge < -0.3 is 9.73 Å². The van der Waals surface area contributed by atoms with E-state index in [1.54, 1.807) is 18.2 Å². The number of carbonyl (C=O) groups is 1. The number of furan rings is 1. The lowest BCUT2D eigenvalue weighted by atomic mass is 10.2. The van der Waals surface area contributed by atoms with Gasteiger partial charge in [0.05, 0.1) is 5.69 Å². The fourth-order valence-corrected chi connectivity index (χ4v) is 3.88. The number of hydrogen-bond donors (Lipinski definition) is 2. The van der Waals surface area contributed by atoms with Crippen LogP contribution in [-0.4, -0.2) is 26.0 Å². The molecule has 1 amide bonds. The van der Waals surface area contributed by atoms with E-state index in [1.807, 2.05) is 73.7 Å². The Morgan fingerprint density at radius 1 is 1.00 bits per heavy atom. The van der Waals surface area contributed by atoms with Gasteiger partial charge in [-0.25, -0.2) is 0 Å². The molecule has 0 spiro atoms. The van der Waals surface area contributed by atoms with Crippen LogP contribution in [0, 0.1) is 6.92 Å². The summed E-state index contributed by atoms with van der Waals surface area (Å²) in [6.45, 7) is 1.94. The van der Waals surface area contributed by atoms with Gasteiger partial charge in [-0.15, -0.1) is 10.2 Å². The monoisotopic (exact) mass is 513 g/mol. The molecular formula is C27H20ClN5O2S. The van der Waals surface area contributed by atoms with E-state index in [9.17, 15) is 4.79 Å². The lowest BCUT2D eigenvalue weighted by Crippen LogP contribution is -2.32. The van der Waals surface area contributed by atoms with Crippen molar-refractivity contribution in [1.82, 2.24) is 20.3 Å². The molecule has 0 bridgehead atoms. The van der Waals surface area contributed by atoms with Crippen LogP contribution in [0.2, 0.25) is 5.02 Å². The maximum Gasteiger partial charge on any atom is 0.250 e. The molecule has 0 fully saturated rings. The molecule has 36 heavy (non-hydrogen) atoms. The number of nitrogens with one attached hydrogen (secondary N) is 2. The van der Waals surface area contributed by atoms with Crippen molar-refractivity contribution >= 4 is 57.6 Å². The minimum absolute atomic E-state index is 0.158. The average molecular weight is 514 g/mol. The van der Waals surface area contributed by atoms with Crippen LogP contribution in [0.3, 0.4) is 0 Å². The predicted molar refractivity (Wildman–Crippen MR) is 146 cm³/mol. The molecule has 2 aromatic heterocycles. The molecule has 0 saturated carbocycles. The Bertz CT molecular complexity index is 1610. The molecule has 0 aliphatic carbocycles. The number of aryl methyl sites for hydroxylation is 1. The van der Waals surface area contributed by atoms with Gasteiger partial charge in [0.25, 0.3) is 0 Å². The summed E-state index contributed by atoms with van der Waals surface area (Å²) in [6.07, 6.45) is 2.95. The number of thiocarbonyl (C=S) groups is 1. The van der Waals surface area contributed by atoms with E-state index < -0.39 is 0 Å². The van der Waals surface area contributed by atoms with Crippen molar-refractivity contribution in [3.05, 3.63) is 101 Å². The third kappa shape index (κ3) is 5.35. The molecule has 0 aliphatic heterocycles. The largest absolute Gasteiger partial charge is 0.457 e. The Balaban J connectivity index is 1.21. The number of anilines is 1. The van der Waals surface area contributed by atoms with E-state index in [1.165, 1.54) is 10.9 Å². The number of halogens is 1. The number of nitrogens with zero attached hydrogens (tertiary/aromatic N) is 3. The Labute approximate surface area is 217 Å². The van der Waals surface area contributed by atoms with E-state index in [4.69, 9.17) is 28.2 Å². The van der Waals surface area contributed by atoms with Crippen molar-refractivity contribution in [2.24, 2.45) is 0 Å². The lowest BCUT2D eigenvalue weighted by Gasteiger charge is -2.07. The molecule has 9 heteroatoms. The minimum atomic E-state index is -0.381. The summed E-state index contributed by atoms with van der Waals surface area (Å²) in [5.41, 5.74) is 4.76. The van der Waals surface area contributed by atoms with Crippen molar-refractivity contribution in [3.63, 3.8) is 0 Å². The van der Waals surface area contributed by atoms with Gasteiger partial charge in [-0.2, -0.15) is 4.80 Å². The summed E-state index contributed by atoms with van der Waals surface area (Å²) in [6, 6.07) is 24.5. The van der Waals surface area contributed by atoms with Crippen LogP contribution >= 0.6 is 23.8 Å². The molecule has 5 rings (SSSR count). The highest BCUT2D eigenvalue weighted by atomic mass is 35.5. The Morgan fingerprint density at radius 2 is 1.81 bits per heavy atom. The lowest BCUT2D eigenvalue weighted by molar-refractivity contribution is -0.115. The van der Waals surface area contributed by atoms with Crippen LogP contribution in [0.5, 0.6) is 0 Å². The Morgan fingerprint density at radius 3 is 2.61 bits per heavy atom. The average Bonchev–Trinajstić information content (AvgIpc) is 3.52. The zero-order valence-electron chi connectivity index (χ0n) is 19.1. The van der Waals surface area contributed by atoms with Gasteiger partial charge in [0.2, 0.25) is 5.91 Å². The summed E-state index contributed by atoms with van der Waals surface area (Å²) in [7, 11) is 0. The maximum atomic E-state index is 12.3. The van der Waals surface area contributed by atoms with Gasteiger partial charge in [0.15, 0.2) is 5.11 Å². The van der Waals surface area contributed by atoms with E-state index >= 15 is 0 Å². The second-order valence-electron chi connectivity index (χ2n) is 7.97. The number of aromatic nitrogens is 3. The number of benzene rings is 3. The normalized spacial score (nSPS) is 11.2. The van der Waals surface area contributed by atoms with Crippen LogP contribution in [0.4, 0.5) is 5.69 Å². The minimum Gasteiger partial charge on any atom is -0.457 e. The standard InChI is InChI=1S/C27H20ClN5O2S/c1-17-7-9-20(16-22(17)28)33-31-23-12-8-19(15-24(23)32-33)29-27(36)30-26(34)14-11-21-10-13-25(35-21)18-5-3-2-4-6-18/h2-16H,1H3,(H2,29,30,34,36)/b14-11+. The van der Waals surface area contributed by atoms with Gasteiger partial charge in [0.1, 0.15) is 22.6 Å². The van der Waals surface area contributed by atoms with Crippen LogP contribution < -0.4 is 10.6 Å². The molecule has 0 saturated heterocycles. The third-order valence-corrected chi connectivity index (χ3v) is 5.96. The number of fused-ring (bicyclic) bond motifs is 1. The van der Waals surface area contributed by atoms with Crippen LogP contribution in [0.15, 0.2) is 89.4 Å². The molecule has 178 valence electrons. The van der Waals surface area contributed by atoms with E-state index in [0.29, 0.717) is 27.5 Å². The third-order valence-electron chi connectivity index (χ3n) is 5.35. The summed E-state index contributed by atoms with van der Waals surface area (Å²) in [5.74, 6) is 0.908. The van der Waals surface area contributed by atoms with Crippen molar-refractivity contribution in [2.45, 2.75) is 6.92 Å². The topological polar surface area (TPSA) is 85.0 Å². The SMILES string of the molecule is Cc1ccc(-n2nc3ccc(NC(=S)NC(=O)/C=C/c4ccc(-c5ccccc5)o4)cc3n2)cc1Cl. The highest BCUT2D eigenvalue weighted by molar-refractivity contribution is 7.80. The zero-order valence-corrected chi connectivity index (χ0v) is 20.7. The molecular weight excluding hydrogens is 494 g/mol. The van der Waals surface area contributed by atoms with Crippen molar-refractivity contribution in [2.75, 3.05) is 5.32 Å². The summed E-state index contributed by atoms with van der Waals surface area (Å²) < 4.78 is 5.77. The highest BCUT2D eigenvalue weighted by Crippen LogP contribution is 2.23. The van der Waals surface area contributed by atoms with Gasteiger partial charge in [0, 0.05) is 22.3 Å². The molecule has 0 atom stereocenters. The molecule has 3 aromatic carbocycles. The molecule has 0 aliphatic rings. The Kier molecular flexibility index (Phi) is 6.62. The zero-order chi connectivity index (χ0) is 25.1. The van der Waals surface area contributed by atoms with Crippen LogP contribution in [-0.2, 0) is 4.79 Å². The van der Waals surface area contributed by atoms with Crippen molar-refractivity contribution < 1.29 is 9.21 Å². The molecule has 2 heterocycles. The van der Waals surface area contributed by atoms with Gasteiger partial charge in [-0.05, 0) is 73.2 Å². The predicted octanol–water partition coefficient (Wildman–Crippen LogP) is 6.17. The number of carbonyl (C=O) groups excluding carboxylic acids is 1. The first-order chi connectivity index (χ1) is 17.4. The van der Waals surface area contributed by atoms with E-state index in [-0.39, 0.29) is 11.0 Å². The molecule has 2 N–H and O–H groups in total. The smallest absolute Gasteiger partial charge is 0.250 e. The molecule has 0 radical (unpaired) electrons.